The summed E-state index contributed by atoms with van der Waals surface area (Å²) in [6.45, 7) is 3.47. The quantitative estimate of drug-likeness (QED) is 0.729. The van der Waals surface area contributed by atoms with Gasteiger partial charge >= 0.3 is 0 Å². The van der Waals surface area contributed by atoms with Crippen molar-refractivity contribution in [1.82, 2.24) is 13.9 Å². The van der Waals surface area contributed by atoms with E-state index in [1.807, 2.05) is 6.92 Å². The number of hydrogen-bond donors (Lipinski definition) is 0. The predicted molar refractivity (Wildman–Crippen MR) is 76.0 cm³/mol. The van der Waals surface area contributed by atoms with Gasteiger partial charge in [-0.1, -0.05) is 17.7 Å². The topological polar surface area (TPSA) is 64.8 Å². The van der Waals surface area contributed by atoms with Crippen molar-refractivity contribution >= 4 is 21.1 Å². The molecule has 0 aliphatic carbocycles. The second-order valence-electron chi connectivity index (χ2n) is 4.75. The number of halogens is 1. The normalized spacial score (nSPS) is 12.0. The average Bonchev–Trinajstić information content (AvgIpc) is 2.79. The molecule has 0 aliphatic rings. The van der Waals surface area contributed by atoms with E-state index in [4.69, 9.17) is 0 Å². The van der Waals surface area contributed by atoms with Gasteiger partial charge < -0.3 is 0 Å². The van der Waals surface area contributed by atoms with Crippen LogP contribution in [-0.2, 0) is 10.0 Å². The minimum Gasteiger partial charge on any atom is -0.241 e. The van der Waals surface area contributed by atoms with Crippen LogP contribution >= 0.6 is 0 Å². The van der Waals surface area contributed by atoms with Crippen molar-refractivity contribution in [2.45, 2.75) is 18.7 Å². The molecule has 3 rings (SSSR count). The number of rotatable bonds is 2. The summed E-state index contributed by atoms with van der Waals surface area (Å²) < 4.78 is 40.1. The summed E-state index contributed by atoms with van der Waals surface area (Å²) in [5.74, 6) is -0.654. The first-order chi connectivity index (χ1) is 9.91. The fraction of sp³-hybridized carbons (Fsp3) is 0.143. The Kier molecular flexibility index (Phi) is 3.02. The zero-order valence-corrected chi connectivity index (χ0v) is 12.2. The van der Waals surface area contributed by atoms with Gasteiger partial charge in [-0.3, -0.25) is 0 Å². The lowest BCUT2D eigenvalue weighted by molar-refractivity contribution is 0.585. The Balaban J connectivity index is 2.29. The molecule has 108 valence electrons. The number of hydrogen-bond acceptors (Lipinski definition) is 4. The van der Waals surface area contributed by atoms with Crippen LogP contribution in [0, 0.1) is 19.7 Å². The molecule has 3 aromatic rings. The molecule has 0 amide bonds. The Labute approximate surface area is 121 Å². The van der Waals surface area contributed by atoms with Gasteiger partial charge in [-0.25, -0.2) is 26.7 Å². The highest BCUT2D eigenvalue weighted by Crippen LogP contribution is 2.24. The van der Waals surface area contributed by atoms with E-state index >= 15 is 0 Å². The highest BCUT2D eigenvalue weighted by Gasteiger charge is 2.23. The molecule has 0 bridgehead atoms. The minimum atomic E-state index is -3.89. The van der Waals surface area contributed by atoms with E-state index in [0.29, 0.717) is 5.69 Å². The van der Waals surface area contributed by atoms with Crippen LogP contribution in [0.25, 0.3) is 11.0 Å². The first-order valence-corrected chi connectivity index (χ1v) is 7.65. The molecule has 0 saturated carbocycles. The number of nitrogens with zero attached hydrogens (tertiary/aromatic N) is 3. The fourth-order valence-electron chi connectivity index (χ4n) is 2.14. The first kappa shape index (κ1) is 13.7. The van der Waals surface area contributed by atoms with Crippen LogP contribution in [0.3, 0.4) is 0 Å². The lowest BCUT2D eigenvalue weighted by Gasteiger charge is -2.07. The summed E-state index contributed by atoms with van der Waals surface area (Å²) in [7, 11) is -3.89. The standard InChI is InChI=1S/C14H12FN3O2S/c1-9-3-5-11(6-4-9)21(19,20)18-7-12(15)13-10(2)16-8-17-14(13)18/h3-8H,1-2H3. The Bertz CT molecular complexity index is 931. The van der Waals surface area contributed by atoms with Crippen molar-refractivity contribution in [3.8, 4) is 0 Å². The van der Waals surface area contributed by atoms with Crippen LogP contribution in [-0.4, -0.2) is 22.4 Å². The smallest absolute Gasteiger partial charge is 0.241 e. The summed E-state index contributed by atoms with van der Waals surface area (Å²) >= 11 is 0. The van der Waals surface area contributed by atoms with Gasteiger partial charge in [0.2, 0.25) is 0 Å². The highest BCUT2D eigenvalue weighted by molar-refractivity contribution is 7.90. The SMILES string of the molecule is Cc1ccc(S(=O)(=O)n2cc(F)c3c(C)ncnc32)cc1. The van der Waals surface area contributed by atoms with Gasteiger partial charge in [0.25, 0.3) is 10.0 Å². The lowest BCUT2D eigenvalue weighted by atomic mass is 10.2. The molecule has 0 atom stereocenters. The Morgan fingerprint density at radius 2 is 1.76 bits per heavy atom. The maximum atomic E-state index is 14.0. The molecule has 0 aliphatic heterocycles. The summed E-state index contributed by atoms with van der Waals surface area (Å²) in [5, 5.41) is 0.119. The largest absolute Gasteiger partial charge is 0.269 e. The molecule has 21 heavy (non-hydrogen) atoms. The van der Waals surface area contributed by atoms with Crippen LogP contribution in [0.5, 0.6) is 0 Å². The van der Waals surface area contributed by atoms with E-state index < -0.39 is 15.8 Å². The van der Waals surface area contributed by atoms with Crippen molar-refractivity contribution in [2.75, 3.05) is 0 Å². The third-order valence-electron chi connectivity index (χ3n) is 3.27. The maximum Gasteiger partial charge on any atom is 0.269 e. The van der Waals surface area contributed by atoms with Crippen molar-refractivity contribution < 1.29 is 12.8 Å². The molecule has 0 unspecified atom stereocenters. The van der Waals surface area contributed by atoms with Gasteiger partial charge in [-0.05, 0) is 26.0 Å². The summed E-state index contributed by atoms with van der Waals surface area (Å²) in [6, 6.07) is 6.36. The molecule has 0 radical (unpaired) electrons. The van der Waals surface area contributed by atoms with Gasteiger partial charge in [-0.2, -0.15) is 0 Å². The number of aryl methyl sites for hydroxylation is 2. The van der Waals surface area contributed by atoms with Gasteiger partial charge in [0, 0.05) is 0 Å². The molecule has 0 saturated heterocycles. The highest BCUT2D eigenvalue weighted by atomic mass is 32.2. The van der Waals surface area contributed by atoms with E-state index in [0.717, 1.165) is 15.7 Å². The predicted octanol–water partition coefficient (Wildman–Crippen LogP) is 2.42. The van der Waals surface area contributed by atoms with Gasteiger partial charge in [-0.15, -0.1) is 0 Å². The molecule has 7 heteroatoms. The van der Waals surface area contributed by atoms with E-state index in [9.17, 15) is 12.8 Å². The lowest BCUT2D eigenvalue weighted by Crippen LogP contribution is -2.12. The second-order valence-corrected chi connectivity index (χ2v) is 6.56. The first-order valence-electron chi connectivity index (χ1n) is 6.21. The minimum absolute atomic E-state index is 0.0422. The summed E-state index contributed by atoms with van der Waals surface area (Å²) in [4.78, 5) is 7.88. The molecule has 0 fully saturated rings. The van der Waals surface area contributed by atoms with Gasteiger partial charge in [0.1, 0.15) is 6.33 Å². The second kappa shape index (κ2) is 4.63. The molecule has 5 nitrogen and oxygen atoms in total. The maximum absolute atomic E-state index is 14.0. The van der Waals surface area contributed by atoms with E-state index in [1.54, 1.807) is 19.1 Å². The summed E-state index contributed by atoms with van der Waals surface area (Å²) in [6.07, 6.45) is 2.15. The Morgan fingerprint density at radius 1 is 1.10 bits per heavy atom. The van der Waals surface area contributed by atoms with Crippen molar-refractivity contribution in [1.29, 1.82) is 0 Å². The van der Waals surface area contributed by atoms with Crippen molar-refractivity contribution in [2.24, 2.45) is 0 Å². The molecule has 0 spiro atoms. The van der Waals surface area contributed by atoms with Gasteiger partial charge in [0.15, 0.2) is 11.5 Å². The molecular formula is C14H12FN3O2S. The Morgan fingerprint density at radius 3 is 2.43 bits per heavy atom. The number of fused-ring (bicyclic) bond motifs is 1. The van der Waals surface area contributed by atoms with Crippen LogP contribution in [0.2, 0.25) is 0 Å². The molecule has 0 N–H and O–H groups in total. The fourth-order valence-corrected chi connectivity index (χ4v) is 3.45. The zero-order valence-electron chi connectivity index (χ0n) is 11.4. The molecule has 1 aromatic carbocycles. The van der Waals surface area contributed by atoms with Crippen LogP contribution in [0.15, 0.2) is 41.7 Å². The van der Waals surface area contributed by atoms with Crippen LogP contribution in [0.1, 0.15) is 11.3 Å². The van der Waals surface area contributed by atoms with E-state index in [2.05, 4.69) is 9.97 Å². The van der Waals surface area contributed by atoms with E-state index in [-0.39, 0.29) is 15.9 Å². The third kappa shape index (κ3) is 2.09. The number of aromatic nitrogens is 3. The monoisotopic (exact) mass is 305 g/mol. The third-order valence-corrected chi connectivity index (χ3v) is 4.94. The van der Waals surface area contributed by atoms with Gasteiger partial charge in [0.05, 0.1) is 22.2 Å². The Hall–Kier alpha value is -2.28. The molecule has 2 heterocycles. The van der Waals surface area contributed by atoms with E-state index in [1.165, 1.54) is 18.5 Å². The average molecular weight is 305 g/mol. The van der Waals surface area contributed by atoms with Crippen LogP contribution in [0.4, 0.5) is 4.39 Å². The van der Waals surface area contributed by atoms with Crippen molar-refractivity contribution in [3.63, 3.8) is 0 Å². The summed E-state index contributed by atoms with van der Waals surface area (Å²) in [5.41, 5.74) is 1.38. The van der Waals surface area contributed by atoms with Crippen molar-refractivity contribution in [3.05, 3.63) is 53.9 Å². The molecular weight excluding hydrogens is 293 g/mol. The zero-order chi connectivity index (χ0) is 15.2. The molecule has 2 aromatic heterocycles. The number of benzene rings is 1. The van der Waals surface area contributed by atoms with Crippen LogP contribution < -0.4 is 0 Å².